The van der Waals surface area contributed by atoms with E-state index >= 15 is 0 Å². The topological polar surface area (TPSA) is 68.3 Å². The van der Waals surface area contributed by atoms with Crippen LogP contribution in [0.4, 0.5) is 0 Å². The van der Waals surface area contributed by atoms with Crippen LogP contribution >= 0.6 is 0 Å². The molecule has 2 aliphatic carbocycles. The standard InChI is InChI=1S/C15H22O5/c1-8(2)15(17)18-7-9-3-4-10(13(9)16)19-11-5-6-12-14(11)20-12/h9-14,16H,1,3-7H2,2H3. The maximum atomic E-state index is 11.4. The largest absolute Gasteiger partial charge is 0.462 e. The minimum atomic E-state index is -0.564. The summed E-state index contributed by atoms with van der Waals surface area (Å²) in [7, 11) is 0. The molecule has 1 saturated heterocycles. The Kier molecular flexibility index (Phi) is 3.84. The third-order valence-corrected chi connectivity index (χ3v) is 4.54. The van der Waals surface area contributed by atoms with Gasteiger partial charge in [-0.25, -0.2) is 4.79 Å². The van der Waals surface area contributed by atoms with Gasteiger partial charge in [0.25, 0.3) is 0 Å². The SMILES string of the molecule is C=C(C)C(=O)OCC1CCC(OC2CCC3OC23)C1O. The summed E-state index contributed by atoms with van der Waals surface area (Å²) in [6.07, 6.45) is 3.78. The normalized spacial score (nSPS) is 42.3. The molecule has 0 spiro atoms. The lowest BCUT2D eigenvalue weighted by Crippen LogP contribution is -2.34. The number of carbonyl (C=O) groups excluding carboxylic acids is 1. The molecule has 0 amide bonds. The van der Waals surface area contributed by atoms with Crippen LogP contribution in [0.1, 0.15) is 32.6 Å². The summed E-state index contributed by atoms with van der Waals surface area (Å²) in [5, 5.41) is 10.3. The van der Waals surface area contributed by atoms with E-state index in [1.807, 2.05) is 0 Å². The lowest BCUT2D eigenvalue weighted by molar-refractivity contribution is -0.142. The number of epoxide rings is 1. The first-order valence-corrected chi connectivity index (χ1v) is 7.38. The zero-order valence-electron chi connectivity index (χ0n) is 11.8. The van der Waals surface area contributed by atoms with E-state index < -0.39 is 12.1 Å². The second-order valence-corrected chi connectivity index (χ2v) is 6.14. The molecule has 0 aromatic heterocycles. The fourth-order valence-corrected chi connectivity index (χ4v) is 3.24. The van der Waals surface area contributed by atoms with Crippen LogP contribution in [0.25, 0.3) is 0 Å². The van der Waals surface area contributed by atoms with Crippen molar-refractivity contribution in [1.29, 1.82) is 0 Å². The second-order valence-electron chi connectivity index (χ2n) is 6.14. The number of aliphatic hydroxyl groups excluding tert-OH is 1. The van der Waals surface area contributed by atoms with Gasteiger partial charge >= 0.3 is 5.97 Å². The zero-order chi connectivity index (χ0) is 14.3. The van der Waals surface area contributed by atoms with E-state index in [-0.39, 0.29) is 30.8 Å². The molecule has 3 aliphatic rings. The molecule has 0 bridgehead atoms. The van der Waals surface area contributed by atoms with Crippen LogP contribution in [0, 0.1) is 5.92 Å². The number of fused-ring (bicyclic) bond motifs is 1. The average molecular weight is 282 g/mol. The summed E-state index contributed by atoms with van der Waals surface area (Å²) in [6, 6.07) is 0. The first-order chi connectivity index (χ1) is 9.56. The highest BCUT2D eigenvalue weighted by Gasteiger charge is 2.52. The molecule has 5 nitrogen and oxygen atoms in total. The molecular weight excluding hydrogens is 260 g/mol. The first-order valence-electron chi connectivity index (χ1n) is 7.38. The van der Waals surface area contributed by atoms with Gasteiger partial charge in [-0.2, -0.15) is 0 Å². The summed E-state index contributed by atoms with van der Waals surface area (Å²) >= 11 is 0. The summed E-state index contributed by atoms with van der Waals surface area (Å²) < 4.78 is 16.6. The van der Waals surface area contributed by atoms with E-state index in [2.05, 4.69) is 6.58 Å². The van der Waals surface area contributed by atoms with Crippen LogP contribution in [0.2, 0.25) is 0 Å². The minimum absolute atomic E-state index is 0.0411. The van der Waals surface area contributed by atoms with Gasteiger partial charge < -0.3 is 19.3 Å². The second kappa shape index (κ2) is 5.47. The van der Waals surface area contributed by atoms with E-state index in [9.17, 15) is 9.90 Å². The number of carbonyl (C=O) groups is 1. The number of rotatable bonds is 5. The van der Waals surface area contributed by atoms with Gasteiger partial charge in [0.05, 0.1) is 31.0 Å². The number of hydrogen-bond acceptors (Lipinski definition) is 5. The Morgan fingerprint density at radius 2 is 2.05 bits per heavy atom. The third kappa shape index (κ3) is 2.75. The highest BCUT2D eigenvalue weighted by molar-refractivity contribution is 5.86. The van der Waals surface area contributed by atoms with Gasteiger partial charge in [-0.05, 0) is 32.6 Å². The lowest BCUT2D eigenvalue weighted by Gasteiger charge is -2.23. The zero-order valence-corrected chi connectivity index (χ0v) is 11.8. The molecule has 6 unspecified atom stereocenters. The van der Waals surface area contributed by atoms with Crippen LogP contribution in [0.3, 0.4) is 0 Å². The van der Waals surface area contributed by atoms with Gasteiger partial charge in [0.15, 0.2) is 0 Å². The first kappa shape index (κ1) is 14.0. The molecule has 1 heterocycles. The number of aliphatic hydroxyl groups is 1. The number of esters is 1. The van der Waals surface area contributed by atoms with Gasteiger partial charge in [0.1, 0.15) is 6.10 Å². The molecule has 0 aromatic rings. The van der Waals surface area contributed by atoms with Crippen molar-refractivity contribution in [2.24, 2.45) is 5.92 Å². The summed E-state index contributed by atoms with van der Waals surface area (Å²) in [5.41, 5.74) is 0.383. The summed E-state index contributed by atoms with van der Waals surface area (Å²) in [5.74, 6) is -0.438. The van der Waals surface area contributed by atoms with Crippen LogP contribution in [0.15, 0.2) is 12.2 Å². The van der Waals surface area contributed by atoms with Gasteiger partial charge in [-0.15, -0.1) is 0 Å². The van der Waals surface area contributed by atoms with Gasteiger partial charge in [0.2, 0.25) is 0 Å². The molecule has 2 saturated carbocycles. The molecule has 20 heavy (non-hydrogen) atoms. The lowest BCUT2D eigenvalue weighted by atomic mass is 10.1. The molecule has 0 aromatic carbocycles. The Labute approximate surface area is 118 Å². The quantitative estimate of drug-likeness (QED) is 0.466. The van der Waals surface area contributed by atoms with Crippen LogP contribution in [0.5, 0.6) is 0 Å². The number of hydrogen-bond donors (Lipinski definition) is 1. The fraction of sp³-hybridized carbons (Fsp3) is 0.800. The monoisotopic (exact) mass is 282 g/mol. The maximum Gasteiger partial charge on any atom is 0.333 e. The molecule has 1 N–H and O–H groups in total. The molecular formula is C15H22O5. The Morgan fingerprint density at radius 1 is 1.30 bits per heavy atom. The van der Waals surface area contributed by atoms with Crippen molar-refractivity contribution in [3.8, 4) is 0 Å². The molecule has 6 atom stereocenters. The Morgan fingerprint density at radius 3 is 2.65 bits per heavy atom. The van der Waals surface area contributed by atoms with Crippen molar-refractivity contribution < 1.29 is 24.1 Å². The van der Waals surface area contributed by atoms with Crippen molar-refractivity contribution in [2.75, 3.05) is 6.61 Å². The van der Waals surface area contributed by atoms with Gasteiger partial charge in [-0.1, -0.05) is 6.58 Å². The molecule has 0 radical (unpaired) electrons. The van der Waals surface area contributed by atoms with E-state index in [0.717, 1.165) is 25.7 Å². The van der Waals surface area contributed by atoms with E-state index in [0.29, 0.717) is 11.7 Å². The summed E-state index contributed by atoms with van der Waals surface area (Å²) in [6.45, 7) is 5.39. The van der Waals surface area contributed by atoms with Crippen molar-refractivity contribution in [1.82, 2.24) is 0 Å². The number of ether oxygens (including phenoxy) is 3. The van der Waals surface area contributed by atoms with Gasteiger partial charge in [0, 0.05) is 11.5 Å². The Bertz CT molecular complexity index is 407. The van der Waals surface area contributed by atoms with Crippen molar-refractivity contribution in [2.45, 2.75) is 63.1 Å². The Balaban J connectivity index is 1.45. The van der Waals surface area contributed by atoms with Gasteiger partial charge in [-0.3, -0.25) is 0 Å². The molecule has 1 aliphatic heterocycles. The van der Waals surface area contributed by atoms with E-state index in [1.54, 1.807) is 6.92 Å². The molecule has 3 rings (SSSR count). The highest BCUT2D eigenvalue weighted by Crippen LogP contribution is 2.42. The molecule has 112 valence electrons. The minimum Gasteiger partial charge on any atom is -0.462 e. The highest BCUT2D eigenvalue weighted by atomic mass is 16.6. The Hall–Kier alpha value is -0.910. The predicted molar refractivity (Wildman–Crippen MR) is 71.1 cm³/mol. The molecule has 3 fully saturated rings. The van der Waals surface area contributed by atoms with E-state index in [4.69, 9.17) is 14.2 Å². The van der Waals surface area contributed by atoms with Crippen LogP contribution in [-0.4, -0.2) is 48.2 Å². The third-order valence-electron chi connectivity index (χ3n) is 4.54. The maximum absolute atomic E-state index is 11.4. The van der Waals surface area contributed by atoms with Crippen LogP contribution < -0.4 is 0 Å². The van der Waals surface area contributed by atoms with Crippen molar-refractivity contribution >= 4 is 5.97 Å². The molecule has 5 heteroatoms. The smallest absolute Gasteiger partial charge is 0.333 e. The fourth-order valence-electron chi connectivity index (χ4n) is 3.24. The van der Waals surface area contributed by atoms with Crippen molar-refractivity contribution in [3.63, 3.8) is 0 Å². The average Bonchev–Trinajstić information content (AvgIpc) is 2.99. The van der Waals surface area contributed by atoms with Crippen molar-refractivity contribution in [3.05, 3.63) is 12.2 Å². The van der Waals surface area contributed by atoms with E-state index in [1.165, 1.54) is 0 Å². The predicted octanol–water partition coefficient (Wildman–Crippen LogP) is 1.19. The summed E-state index contributed by atoms with van der Waals surface area (Å²) in [4.78, 5) is 11.4. The van der Waals surface area contributed by atoms with Crippen LogP contribution in [-0.2, 0) is 19.0 Å².